The molecule has 0 spiro atoms. The second kappa shape index (κ2) is 8.72. The topological polar surface area (TPSA) is 105 Å². The molecule has 3 N–H and O–H groups in total. The Kier molecular flexibility index (Phi) is 6.11. The Morgan fingerprint density at radius 2 is 1.62 bits per heavy atom. The minimum absolute atomic E-state index is 0.000693. The van der Waals surface area contributed by atoms with Gasteiger partial charge in [0, 0.05) is 19.4 Å². The van der Waals surface area contributed by atoms with Crippen molar-refractivity contribution in [2.24, 2.45) is 0 Å². The second-order valence-electron chi connectivity index (χ2n) is 6.68. The quantitative estimate of drug-likeness (QED) is 0.662. The van der Waals surface area contributed by atoms with Crippen molar-refractivity contribution < 1.29 is 28.6 Å². The Balaban J connectivity index is 1.66. The number of nitrogens with one attached hydrogen (secondary N) is 2. The first kappa shape index (κ1) is 20.3. The zero-order valence-electron chi connectivity index (χ0n) is 15.7. The van der Waals surface area contributed by atoms with E-state index in [9.17, 15) is 23.9 Å². The Bertz CT molecular complexity index is 887. The summed E-state index contributed by atoms with van der Waals surface area (Å²) in [6.45, 7) is 0.000693. The van der Waals surface area contributed by atoms with Gasteiger partial charge in [-0.2, -0.15) is 0 Å². The Labute approximate surface area is 166 Å². The first-order valence-corrected chi connectivity index (χ1v) is 9.12. The number of alkyl carbamates (subject to hydrolysis) is 1. The molecule has 0 saturated heterocycles. The van der Waals surface area contributed by atoms with Crippen LogP contribution >= 0.6 is 0 Å². The molecule has 8 heteroatoms. The van der Waals surface area contributed by atoms with Crippen molar-refractivity contribution in [3.63, 3.8) is 0 Å². The molecule has 0 fully saturated rings. The monoisotopic (exact) mass is 400 g/mol. The maximum Gasteiger partial charge on any atom is 0.407 e. The summed E-state index contributed by atoms with van der Waals surface area (Å²) in [6.07, 6.45) is -3.74. The zero-order chi connectivity index (χ0) is 21.0. The largest absolute Gasteiger partial charge is 0.480 e. The average molecular weight is 400 g/mol. The zero-order valence-corrected chi connectivity index (χ0v) is 15.7. The van der Waals surface area contributed by atoms with Crippen LogP contribution in [0.1, 0.15) is 23.5 Å². The van der Waals surface area contributed by atoms with Gasteiger partial charge in [-0.15, -0.1) is 0 Å². The van der Waals surface area contributed by atoms with Crippen molar-refractivity contribution in [3.8, 4) is 11.1 Å². The number of fused-ring (bicyclic) bond motifs is 3. The van der Waals surface area contributed by atoms with Gasteiger partial charge in [0.25, 0.3) is 5.91 Å². The van der Waals surface area contributed by atoms with Crippen LogP contribution in [0.3, 0.4) is 0 Å². The molecule has 2 aromatic carbocycles. The smallest absolute Gasteiger partial charge is 0.407 e. The molecule has 0 unspecified atom stereocenters. The van der Waals surface area contributed by atoms with E-state index >= 15 is 0 Å². The van der Waals surface area contributed by atoms with E-state index in [1.54, 1.807) is 0 Å². The summed E-state index contributed by atoms with van der Waals surface area (Å²) in [7, 11) is 1.24. The Morgan fingerprint density at radius 1 is 1.07 bits per heavy atom. The van der Waals surface area contributed by atoms with Crippen LogP contribution in [0.15, 0.2) is 48.5 Å². The van der Waals surface area contributed by atoms with E-state index in [0.29, 0.717) is 0 Å². The first-order valence-electron chi connectivity index (χ1n) is 9.12. The molecule has 1 aliphatic rings. The fraction of sp³-hybridized carbons (Fsp3) is 0.286. The average Bonchev–Trinajstić information content (AvgIpc) is 3.04. The maximum absolute atomic E-state index is 13.8. The Morgan fingerprint density at radius 3 is 2.14 bits per heavy atom. The number of alkyl halides is 1. The van der Waals surface area contributed by atoms with Gasteiger partial charge in [-0.3, -0.25) is 4.79 Å². The molecule has 0 aromatic heterocycles. The van der Waals surface area contributed by atoms with Gasteiger partial charge < -0.3 is 20.5 Å². The van der Waals surface area contributed by atoms with Crippen molar-refractivity contribution in [1.29, 1.82) is 0 Å². The number of hydrogen-bond donors (Lipinski definition) is 3. The molecule has 2 aromatic rings. The highest BCUT2D eigenvalue weighted by Crippen LogP contribution is 2.44. The van der Waals surface area contributed by atoms with E-state index in [1.807, 2.05) is 48.5 Å². The van der Waals surface area contributed by atoms with Gasteiger partial charge >= 0.3 is 12.1 Å². The molecule has 0 saturated carbocycles. The first-order chi connectivity index (χ1) is 13.9. The van der Waals surface area contributed by atoms with E-state index < -0.39 is 36.6 Å². The van der Waals surface area contributed by atoms with Crippen LogP contribution in [0.2, 0.25) is 0 Å². The third-order valence-corrected chi connectivity index (χ3v) is 4.91. The van der Waals surface area contributed by atoms with Crippen LogP contribution in [-0.2, 0) is 14.3 Å². The fourth-order valence-corrected chi connectivity index (χ4v) is 3.47. The number of amides is 2. The third-order valence-electron chi connectivity index (χ3n) is 4.91. The van der Waals surface area contributed by atoms with Crippen LogP contribution in [0.4, 0.5) is 9.18 Å². The molecule has 0 radical (unpaired) electrons. The molecule has 1 aliphatic carbocycles. The highest BCUT2D eigenvalue weighted by atomic mass is 19.1. The minimum Gasteiger partial charge on any atom is -0.480 e. The lowest BCUT2D eigenvalue weighted by atomic mass is 9.98. The number of carbonyl (C=O) groups is 3. The van der Waals surface area contributed by atoms with Crippen LogP contribution in [-0.4, -0.2) is 48.9 Å². The number of benzene rings is 2. The number of aliphatic carboxylic acids is 1. The standard InChI is InChI=1S/C21H21FN2O5/c1-23-19(25)17(22)10-18(20(26)27)24-21(28)29-11-16-14-8-4-2-6-12(14)13-7-3-5-9-15(13)16/h2-9,16-18H,10-11H2,1H3,(H,23,25)(H,24,28)(H,26,27)/t17-,18+/m1/s1. The van der Waals surface area contributed by atoms with Crippen molar-refractivity contribution in [2.45, 2.75) is 24.6 Å². The molecule has 29 heavy (non-hydrogen) atoms. The SMILES string of the molecule is CNC(=O)[C@H](F)C[C@H](NC(=O)OCC1c2ccccc2-c2ccccc21)C(=O)O. The summed E-state index contributed by atoms with van der Waals surface area (Å²) >= 11 is 0. The number of carbonyl (C=O) groups excluding carboxylic acids is 2. The maximum atomic E-state index is 13.8. The van der Waals surface area contributed by atoms with Crippen LogP contribution < -0.4 is 10.6 Å². The summed E-state index contributed by atoms with van der Waals surface area (Å²) < 4.78 is 19.0. The molecule has 2 atom stereocenters. The fourth-order valence-electron chi connectivity index (χ4n) is 3.47. The molecule has 0 bridgehead atoms. The predicted octanol–water partition coefficient (Wildman–Crippen LogP) is 2.45. The number of rotatable bonds is 7. The van der Waals surface area contributed by atoms with E-state index in [-0.39, 0.29) is 12.5 Å². The number of hydrogen-bond acceptors (Lipinski definition) is 4. The van der Waals surface area contributed by atoms with Crippen molar-refractivity contribution in [2.75, 3.05) is 13.7 Å². The van der Waals surface area contributed by atoms with Gasteiger partial charge in [-0.1, -0.05) is 48.5 Å². The normalized spacial score (nSPS) is 14.3. The summed E-state index contributed by atoms with van der Waals surface area (Å²) in [6, 6.07) is 14.0. The molecule has 3 rings (SSSR count). The number of halogens is 1. The lowest BCUT2D eigenvalue weighted by Gasteiger charge is -2.18. The summed E-state index contributed by atoms with van der Waals surface area (Å²) in [5, 5.41) is 13.4. The van der Waals surface area contributed by atoms with Gasteiger partial charge in [0.05, 0.1) is 0 Å². The predicted molar refractivity (Wildman–Crippen MR) is 103 cm³/mol. The lowest BCUT2D eigenvalue weighted by Crippen LogP contribution is -2.45. The van der Waals surface area contributed by atoms with Gasteiger partial charge in [-0.25, -0.2) is 14.0 Å². The van der Waals surface area contributed by atoms with Gasteiger partial charge in [0.2, 0.25) is 0 Å². The van der Waals surface area contributed by atoms with E-state index in [1.165, 1.54) is 7.05 Å². The van der Waals surface area contributed by atoms with Crippen molar-refractivity contribution in [3.05, 3.63) is 59.7 Å². The molecular formula is C21H21FN2O5. The van der Waals surface area contributed by atoms with E-state index in [4.69, 9.17) is 4.74 Å². The molecule has 0 heterocycles. The van der Waals surface area contributed by atoms with Crippen molar-refractivity contribution >= 4 is 18.0 Å². The van der Waals surface area contributed by atoms with Crippen LogP contribution in [0, 0.1) is 0 Å². The summed E-state index contributed by atoms with van der Waals surface area (Å²) in [5.74, 6) is -2.59. The number of carboxylic acids is 1. The highest BCUT2D eigenvalue weighted by Gasteiger charge is 2.31. The number of ether oxygens (including phenoxy) is 1. The second-order valence-corrected chi connectivity index (χ2v) is 6.68. The van der Waals surface area contributed by atoms with Gasteiger partial charge in [0.15, 0.2) is 6.17 Å². The molecule has 0 aliphatic heterocycles. The third kappa shape index (κ3) is 4.37. The van der Waals surface area contributed by atoms with Crippen LogP contribution in [0.25, 0.3) is 11.1 Å². The van der Waals surface area contributed by atoms with E-state index in [2.05, 4.69) is 10.6 Å². The highest BCUT2D eigenvalue weighted by molar-refractivity contribution is 5.84. The summed E-state index contributed by atoms with van der Waals surface area (Å²) in [4.78, 5) is 34.7. The number of carboxylic acid groups (broad SMARTS) is 1. The molecule has 152 valence electrons. The molecule has 7 nitrogen and oxygen atoms in total. The van der Waals surface area contributed by atoms with Gasteiger partial charge in [-0.05, 0) is 22.3 Å². The van der Waals surface area contributed by atoms with Crippen molar-refractivity contribution in [1.82, 2.24) is 10.6 Å². The van der Waals surface area contributed by atoms with Gasteiger partial charge in [0.1, 0.15) is 12.6 Å². The van der Waals surface area contributed by atoms with E-state index in [0.717, 1.165) is 22.3 Å². The van der Waals surface area contributed by atoms with Crippen LogP contribution in [0.5, 0.6) is 0 Å². The lowest BCUT2D eigenvalue weighted by molar-refractivity contribution is -0.140. The molecular weight excluding hydrogens is 379 g/mol. The summed E-state index contributed by atoms with van der Waals surface area (Å²) in [5.41, 5.74) is 4.15. The minimum atomic E-state index is -2.06. The Hall–Kier alpha value is -3.42. The molecule has 2 amide bonds.